The van der Waals surface area contributed by atoms with Crippen molar-refractivity contribution in [1.82, 2.24) is 10.0 Å². The highest BCUT2D eigenvalue weighted by Gasteiger charge is 2.38. The van der Waals surface area contributed by atoms with E-state index in [2.05, 4.69) is 5.01 Å². The number of nitrogens with two attached hydrogens (primary N) is 2. The van der Waals surface area contributed by atoms with Crippen molar-refractivity contribution in [3.05, 3.63) is 11.4 Å². The molecule has 0 aromatic heterocycles. The molecule has 0 aromatic carbocycles. The zero-order valence-corrected chi connectivity index (χ0v) is 7.77. The first kappa shape index (κ1) is 8.80. The lowest BCUT2D eigenvalue weighted by Crippen LogP contribution is -2.56. The Morgan fingerprint density at radius 3 is 2.54 bits per heavy atom. The molecule has 2 atom stereocenters. The highest BCUT2D eigenvalue weighted by atomic mass is 16.3. The van der Waals surface area contributed by atoms with Gasteiger partial charge in [0, 0.05) is 18.8 Å². The molecule has 0 bridgehead atoms. The standard InChI is InChI=1S/C8H16N4O/c1-5-6(9)7(10)8(13)12-4-2-3-11(5)12/h5,8,13H,2-4,9-10H2,1H3/t5-,8?/m0/s1. The predicted octanol–water partition coefficient (Wildman–Crippen LogP) is -1.24. The summed E-state index contributed by atoms with van der Waals surface area (Å²) in [6, 6.07) is 0.117. The van der Waals surface area contributed by atoms with Crippen LogP contribution in [0.1, 0.15) is 13.3 Å². The third-order valence-corrected chi connectivity index (χ3v) is 2.90. The van der Waals surface area contributed by atoms with Crippen molar-refractivity contribution in [3.63, 3.8) is 0 Å². The second kappa shape index (κ2) is 2.87. The van der Waals surface area contributed by atoms with Crippen LogP contribution in [0.5, 0.6) is 0 Å². The quantitative estimate of drug-likeness (QED) is 0.439. The number of hydrogen-bond acceptors (Lipinski definition) is 5. The summed E-state index contributed by atoms with van der Waals surface area (Å²) in [5.74, 6) is 0. The van der Waals surface area contributed by atoms with Crippen LogP contribution in [0.3, 0.4) is 0 Å². The maximum absolute atomic E-state index is 9.76. The van der Waals surface area contributed by atoms with Gasteiger partial charge in [0.2, 0.25) is 0 Å². The fourth-order valence-electron chi connectivity index (χ4n) is 2.04. The van der Waals surface area contributed by atoms with Gasteiger partial charge in [-0.1, -0.05) is 0 Å². The third kappa shape index (κ3) is 1.12. The lowest BCUT2D eigenvalue weighted by atomic mass is 10.1. The van der Waals surface area contributed by atoms with Crippen molar-refractivity contribution >= 4 is 0 Å². The van der Waals surface area contributed by atoms with Crippen molar-refractivity contribution in [1.29, 1.82) is 0 Å². The summed E-state index contributed by atoms with van der Waals surface area (Å²) in [6.07, 6.45) is 0.334. The monoisotopic (exact) mass is 184 g/mol. The van der Waals surface area contributed by atoms with Crippen molar-refractivity contribution in [2.45, 2.75) is 25.6 Å². The number of fused-ring (bicyclic) bond motifs is 1. The number of aliphatic hydroxyl groups is 1. The van der Waals surface area contributed by atoms with E-state index in [0.717, 1.165) is 19.5 Å². The maximum atomic E-state index is 9.76. The van der Waals surface area contributed by atoms with E-state index in [0.29, 0.717) is 11.4 Å². The van der Waals surface area contributed by atoms with Gasteiger partial charge in [-0.05, 0) is 13.3 Å². The minimum atomic E-state index is -0.723. The molecule has 5 heteroatoms. The SMILES string of the molecule is C[C@H]1C(N)=C(N)C(O)N2CCCN12. The Labute approximate surface area is 77.6 Å². The van der Waals surface area contributed by atoms with E-state index < -0.39 is 6.23 Å². The lowest BCUT2D eigenvalue weighted by Gasteiger charge is -2.41. The van der Waals surface area contributed by atoms with Crippen molar-refractivity contribution in [2.75, 3.05) is 13.1 Å². The van der Waals surface area contributed by atoms with E-state index in [1.807, 2.05) is 11.9 Å². The number of hydrogen-bond donors (Lipinski definition) is 3. The van der Waals surface area contributed by atoms with E-state index >= 15 is 0 Å². The molecule has 1 unspecified atom stereocenters. The molecule has 5 nitrogen and oxygen atoms in total. The number of rotatable bonds is 0. The summed E-state index contributed by atoms with van der Waals surface area (Å²) in [5, 5.41) is 13.7. The molecule has 1 saturated heterocycles. The van der Waals surface area contributed by atoms with Crippen LogP contribution in [0.2, 0.25) is 0 Å². The second-order valence-electron chi connectivity index (χ2n) is 3.64. The van der Waals surface area contributed by atoms with Gasteiger partial charge in [0.25, 0.3) is 0 Å². The highest BCUT2D eigenvalue weighted by molar-refractivity contribution is 5.20. The Hall–Kier alpha value is -0.780. The molecule has 0 radical (unpaired) electrons. The Morgan fingerprint density at radius 1 is 1.23 bits per heavy atom. The molecule has 1 fully saturated rings. The third-order valence-electron chi connectivity index (χ3n) is 2.90. The lowest BCUT2D eigenvalue weighted by molar-refractivity contribution is -0.116. The van der Waals surface area contributed by atoms with Crippen LogP contribution < -0.4 is 11.5 Å². The molecule has 2 aliphatic heterocycles. The topological polar surface area (TPSA) is 78.7 Å². The maximum Gasteiger partial charge on any atom is 0.162 e. The Kier molecular flexibility index (Phi) is 1.94. The van der Waals surface area contributed by atoms with Gasteiger partial charge >= 0.3 is 0 Å². The van der Waals surface area contributed by atoms with Gasteiger partial charge in [0.1, 0.15) is 0 Å². The molecule has 74 valence electrons. The fraction of sp³-hybridized carbons (Fsp3) is 0.750. The summed E-state index contributed by atoms with van der Waals surface area (Å²) >= 11 is 0. The number of nitrogens with zero attached hydrogens (tertiary/aromatic N) is 2. The normalized spacial score (nSPS) is 36.8. The summed E-state index contributed by atoms with van der Waals surface area (Å²) in [5.41, 5.74) is 12.5. The molecule has 0 saturated carbocycles. The van der Waals surface area contributed by atoms with Crippen LogP contribution in [0.25, 0.3) is 0 Å². The van der Waals surface area contributed by atoms with Gasteiger partial charge in [-0.25, -0.2) is 10.0 Å². The van der Waals surface area contributed by atoms with Crippen LogP contribution in [0.4, 0.5) is 0 Å². The second-order valence-corrected chi connectivity index (χ2v) is 3.64. The molecule has 2 rings (SSSR count). The van der Waals surface area contributed by atoms with Crippen molar-refractivity contribution < 1.29 is 5.11 Å². The average molecular weight is 184 g/mol. The molecule has 0 aromatic rings. The summed E-state index contributed by atoms with van der Waals surface area (Å²) in [4.78, 5) is 0. The first-order chi connectivity index (χ1) is 6.13. The first-order valence-corrected chi connectivity index (χ1v) is 4.59. The minimum Gasteiger partial charge on any atom is -0.399 e. The van der Waals surface area contributed by atoms with E-state index in [1.54, 1.807) is 0 Å². The molecule has 0 aliphatic carbocycles. The van der Waals surface area contributed by atoms with Gasteiger partial charge in [-0.3, -0.25) is 0 Å². The highest BCUT2D eigenvalue weighted by Crippen LogP contribution is 2.26. The molecular formula is C8H16N4O. The summed E-state index contributed by atoms with van der Waals surface area (Å²) < 4.78 is 0. The zero-order chi connectivity index (χ0) is 9.59. The molecule has 2 heterocycles. The van der Waals surface area contributed by atoms with Gasteiger partial charge in [-0.15, -0.1) is 0 Å². The van der Waals surface area contributed by atoms with Crippen LogP contribution in [0, 0.1) is 0 Å². The number of aliphatic hydroxyl groups excluding tert-OH is 1. The van der Waals surface area contributed by atoms with Crippen LogP contribution >= 0.6 is 0 Å². The Balaban J connectivity index is 2.33. The first-order valence-electron chi connectivity index (χ1n) is 4.59. The molecule has 0 amide bonds. The van der Waals surface area contributed by atoms with Crippen LogP contribution in [-0.4, -0.2) is 40.5 Å². The van der Waals surface area contributed by atoms with E-state index in [-0.39, 0.29) is 6.04 Å². The largest absolute Gasteiger partial charge is 0.399 e. The van der Waals surface area contributed by atoms with Crippen LogP contribution in [-0.2, 0) is 0 Å². The summed E-state index contributed by atoms with van der Waals surface area (Å²) in [7, 11) is 0. The minimum absolute atomic E-state index is 0.117. The van der Waals surface area contributed by atoms with Gasteiger partial charge in [0.05, 0.1) is 11.7 Å². The van der Waals surface area contributed by atoms with Gasteiger partial charge in [0.15, 0.2) is 6.23 Å². The fourth-order valence-corrected chi connectivity index (χ4v) is 2.04. The van der Waals surface area contributed by atoms with Gasteiger partial charge in [-0.2, -0.15) is 0 Å². The van der Waals surface area contributed by atoms with E-state index in [1.165, 1.54) is 0 Å². The summed E-state index contributed by atoms with van der Waals surface area (Å²) in [6.45, 7) is 3.82. The molecular weight excluding hydrogens is 168 g/mol. The smallest absolute Gasteiger partial charge is 0.162 e. The molecule has 0 spiro atoms. The van der Waals surface area contributed by atoms with Crippen LogP contribution in [0.15, 0.2) is 11.4 Å². The molecule has 13 heavy (non-hydrogen) atoms. The van der Waals surface area contributed by atoms with Crippen molar-refractivity contribution in [2.24, 2.45) is 11.5 Å². The number of hydrazine groups is 1. The Morgan fingerprint density at radius 2 is 1.85 bits per heavy atom. The predicted molar refractivity (Wildman–Crippen MR) is 48.9 cm³/mol. The average Bonchev–Trinajstić information content (AvgIpc) is 2.59. The zero-order valence-electron chi connectivity index (χ0n) is 7.77. The van der Waals surface area contributed by atoms with Crippen molar-refractivity contribution in [3.8, 4) is 0 Å². The van der Waals surface area contributed by atoms with Gasteiger partial charge < -0.3 is 16.6 Å². The van der Waals surface area contributed by atoms with E-state index in [9.17, 15) is 5.11 Å². The van der Waals surface area contributed by atoms with E-state index in [4.69, 9.17) is 11.5 Å². The molecule has 2 aliphatic rings. The Bertz CT molecular complexity index is 229. The molecule has 5 N–H and O–H groups in total.